The van der Waals surface area contributed by atoms with Crippen LogP contribution in [0.5, 0.6) is 5.75 Å². The molecule has 0 saturated carbocycles. The van der Waals surface area contributed by atoms with E-state index in [1.165, 1.54) is 11.3 Å². The Morgan fingerprint density at radius 2 is 2.10 bits per heavy atom. The normalized spacial score (nSPS) is 12.3. The van der Waals surface area contributed by atoms with Gasteiger partial charge in [0.05, 0.1) is 23.4 Å². The highest BCUT2D eigenvalue weighted by Gasteiger charge is 2.16. The highest BCUT2D eigenvalue weighted by Crippen LogP contribution is 2.30. The first-order chi connectivity index (χ1) is 9.93. The Hall–Kier alpha value is -1.68. The molecule has 0 spiro atoms. The minimum absolute atomic E-state index is 0.160. The fourth-order valence-electron chi connectivity index (χ4n) is 2.60. The fraction of sp³-hybridized carbons (Fsp3) is 0.438. The van der Waals surface area contributed by atoms with Crippen molar-refractivity contribution in [2.45, 2.75) is 33.7 Å². The Balaban J connectivity index is 2.19. The SMILES string of the molecule is CCOc1ccc(NC(C)c2c(C)nn(C)c2C)cc1Cl. The Morgan fingerprint density at radius 3 is 2.62 bits per heavy atom. The molecule has 0 saturated heterocycles. The molecule has 2 aromatic rings. The summed E-state index contributed by atoms with van der Waals surface area (Å²) >= 11 is 6.22. The number of hydrogen-bond acceptors (Lipinski definition) is 3. The quantitative estimate of drug-likeness (QED) is 0.897. The van der Waals surface area contributed by atoms with Crippen LogP contribution < -0.4 is 10.1 Å². The molecular formula is C16H22ClN3O. The van der Waals surface area contributed by atoms with Crippen LogP contribution in [-0.2, 0) is 7.05 Å². The predicted octanol–water partition coefficient (Wildman–Crippen LogP) is 4.26. The summed E-state index contributed by atoms with van der Waals surface area (Å²) in [5, 5.41) is 8.55. The lowest BCUT2D eigenvalue weighted by atomic mass is 10.1. The third kappa shape index (κ3) is 3.32. The number of nitrogens with one attached hydrogen (secondary N) is 1. The number of halogens is 1. The van der Waals surface area contributed by atoms with E-state index in [9.17, 15) is 0 Å². The molecule has 1 unspecified atom stereocenters. The van der Waals surface area contributed by atoms with Gasteiger partial charge in [0.25, 0.3) is 0 Å². The van der Waals surface area contributed by atoms with E-state index in [1.54, 1.807) is 0 Å². The van der Waals surface area contributed by atoms with Crippen LogP contribution in [-0.4, -0.2) is 16.4 Å². The fourth-order valence-corrected chi connectivity index (χ4v) is 2.84. The molecule has 0 aliphatic rings. The van der Waals surface area contributed by atoms with E-state index in [1.807, 2.05) is 43.8 Å². The molecule has 114 valence electrons. The van der Waals surface area contributed by atoms with Gasteiger partial charge in [0, 0.05) is 24.0 Å². The van der Waals surface area contributed by atoms with Crippen LogP contribution in [0.2, 0.25) is 5.02 Å². The van der Waals surface area contributed by atoms with Gasteiger partial charge in [0.2, 0.25) is 0 Å². The average molecular weight is 308 g/mol. The summed E-state index contributed by atoms with van der Waals surface area (Å²) in [5.41, 5.74) is 4.41. The lowest BCUT2D eigenvalue weighted by Crippen LogP contribution is -2.09. The number of aromatic nitrogens is 2. The molecule has 5 heteroatoms. The standard InChI is InChI=1S/C16H22ClN3O/c1-6-21-15-8-7-13(9-14(15)17)18-10(2)16-11(3)19-20(5)12(16)4/h7-10,18H,6H2,1-5H3. The summed E-state index contributed by atoms with van der Waals surface area (Å²) in [7, 11) is 1.96. The number of hydrogen-bond donors (Lipinski definition) is 1. The number of benzene rings is 1. The number of anilines is 1. The molecular weight excluding hydrogens is 286 g/mol. The zero-order chi connectivity index (χ0) is 15.6. The minimum Gasteiger partial charge on any atom is -0.492 e. The zero-order valence-corrected chi connectivity index (χ0v) is 14.0. The van der Waals surface area contributed by atoms with Gasteiger partial charge in [0.1, 0.15) is 5.75 Å². The molecule has 1 aromatic carbocycles. The first-order valence-corrected chi connectivity index (χ1v) is 7.50. The first kappa shape index (κ1) is 15.7. The van der Waals surface area contributed by atoms with Crippen molar-refractivity contribution in [3.8, 4) is 5.75 Å². The van der Waals surface area contributed by atoms with E-state index < -0.39 is 0 Å². The zero-order valence-electron chi connectivity index (χ0n) is 13.2. The van der Waals surface area contributed by atoms with E-state index in [0.717, 1.165) is 11.4 Å². The third-order valence-electron chi connectivity index (χ3n) is 3.61. The smallest absolute Gasteiger partial charge is 0.138 e. The van der Waals surface area contributed by atoms with Crippen molar-refractivity contribution in [3.63, 3.8) is 0 Å². The Bertz CT molecular complexity index is 637. The van der Waals surface area contributed by atoms with Crippen LogP contribution in [0.25, 0.3) is 0 Å². The van der Waals surface area contributed by atoms with Crippen LogP contribution in [0.4, 0.5) is 5.69 Å². The maximum absolute atomic E-state index is 6.22. The highest BCUT2D eigenvalue weighted by atomic mass is 35.5. The van der Waals surface area contributed by atoms with E-state index in [4.69, 9.17) is 16.3 Å². The maximum Gasteiger partial charge on any atom is 0.138 e. The molecule has 4 nitrogen and oxygen atoms in total. The van der Waals surface area contributed by atoms with Gasteiger partial charge < -0.3 is 10.1 Å². The van der Waals surface area contributed by atoms with Gasteiger partial charge in [-0.05, 0) is 45.9 Å². The van der Waals surface area contributed by atoms with Gasteiger partial charge in [-0.25, -0.2) is 0 Å². The topological polar surface area (TPSA) is 39.1 Å². The molecule has 0 aliphatic carbocycles. The van der Waals surface area contributed by atoms with Crippen LogP contribution in [0.15, 0.2) is 18.2 Å². The van der Waals surface area contributed by atoms with Gasteiger partial charge in [-0.2, -0.15) is 5.10 Å². The molecule has 0 amide bonds. The Morgan fingerprint density at radius 1 is 1.38 bits per heavy atom. The molecule has 0 bridgehead atoms. The van der Waals surface area contributed by atoms with Crippen LogP contribution in [0, 0.1) is 13.8 Å². The maximum atomic E-state index is 6.22. The Kier molecular flexibility index (Phi) is 4.78. The molecule has 21 heavy (non-hydrogen) atoms. The van der Waals surface area contributed by atoms with E-state index in [0.29, 0.717) is 17.4 Å². The van der Waals surface area contributed by atoms with Crippen molar-refractivity contribution in [3.05, 3.63) is 40.2 Å². The summed E-state index contributed by atoms with van der Waals surface area (Å²) in [4.78, 5) is 0. The molecule has 0 radical (unpaired) electrons. The average Bonchev–Trinajstić information content (AvgIpc) is 2.66. The number of aryl methyl sites for hydroxylation is 2. The van der Waals surface area contributed by atoms with Crippen LogP contribution >= 0.6 is 11.6 Å². The van der Waals surface area contributed by atoms with Crippen molar-refractivity contribution >= 4 is 17.3 Å². The first-order valence-electron chi connectivity index (χ1n) is 7.13. The monoisotopic (exact) mass is 307 g/mol. The lowest BCUT2D eigenvalue weighted by molar-refractivity contribution is 0.340. The van der Waals surface area contributed by atoms with Crippen molar-refractivity contribution in [1.29, 1.82) is 0 Å². The van der Waals surface area contributed by atoms with Gasteiger partial charge in [-0.3, -0.25) is 4.68 Å². The largest absolute Gasteiger partial charge is 0.492 e. The summed E-state index contributed by atoms with van der Waals surface area (Å²) in [6.07, 6.45) is 0. The van der Waals surface area contributed by atoms with Crippen LogP contribution in [0.3, 0.4) is 0 Å². The van der Waals surface area contributed by atoms with Crippen molar-refractivity contribution < 1.29 is 4.74 Å². The van der Waals surface area contributed by atoms with E-state index >= 15 is 0 Å². The summed E-state index contributed by atoms with van der Waals surface area (Å²) in [5.74, 6) is 0.714. The number of ether oxygens (including phenoxy) is 1. The molecule has 1 N–H and O–H groups in total. The van der Waals surface area contributed by atoms with Gasteiger partial charge in [-0.1, -0.05) is 11.6 Å². The molecule has 2 rings (SSSR count). The second-order valence-corrected chi connectivity index (χ2v) is 5.56. The van der Waals surface area contributed by atoms with Crippen molar-refractivity contribution in [2.24, 2.45) is 7.05 Å². The molecule has 1 aromatic heterocycles. The summed E-state index contributed by atoms with van der Waals surface area (Å²) in [6, 6.07) is 5.93. The summed E-state index contributed by atoms with van der Waals surface area (Å²) in [6.45, 7) is 8.79. The highest BCUT2D eigenvalue weighted by molar-refractivity contribution is 6.32. The van der Waals surface area contributed by atoms with Gasteiger partial charge in [0.15, 0.2) is 0 Å². The number of rotatable bonds is 5. The lowest BCUT2D eigenvalue weighted by Gasteiger charge is -2.17. The Labute approximate surface area is 131 Å². The second kappa shape index (κ2) is 6.39. The molecule has 0 aliphatic heterocycles. The van der Waals surface area contributed by atoms with Crippen LogP contribution in [0.1, 0.15) is 36.8 Å². The molecule has 1 atom stereocenters. The second-order valence-electron chi connectivity index (χ2n) is 5.15. The van der Waals surface area contributed by atoms with Crippen molar-refractivity contribution in [1.82, 2.24) is 9.78 Å². The van der Waals surface area contributed by atoms with Gasteiger partial charge in [-0.15, -0.1) is 0 Å². The van der Waals surface area contributed by atoms with Gasteiger partial charge >= 0.3 is 0 Å². The molecule has 0 fully saturated rings. The third-order valence-corrected chi connectivity index (χ3v) is 3.91. The summed E-state index contributed by atoms with van der Waals surface area (Å²) < 4.78 is 7.36. The number of nitrogens with zero attached hydrogens (tertiary/aromatic N) is 2. The van der Waals surface area contributed by atoms with E-state index in [-0.39, 0.29) is 6.04 Å². The van der Waals surface area contributed by atoms with Crippen molar-refractivity contribution in [2.75, 3.05) is 11.9 Å². The van der Waals surface area contributed by atoms with E-state index in [2.05, 4.69) is 24.3 Å². The predicted molar refractivity (Wildman–Crippen MR) is 87.3 cm³/mol. The minimum atomic E-state index is 0.160. The molecule has 1 heterocycles.